The lowest BCUT2D eigenvalue weighted by atomic mass is 10.1. The minimum atomic E-state index is -4.41. The minimum absolute atomic E-state index is 0.246. The number of anilines is 1. The Bertz CT molecular complexity index is 1080. The van der Waals surface area contributed by atoms with Crippen LogP contribution < -0.4 is 5.32 Å². The Kier molecular flexibility index (Phi) is 7.46. The maximum absolute atomic E-state index is 13.4. The molecule has 3 aromatic carbocycles. The molecule has 7 heteroatoms. The van der Waals surface area contributed by atoms with Gasteiger partial charge in [-0.25, -0.2) is 0 Å². The van der Waals surface area contributed by atoms with E-state index in [0.717, 1.165) is 23.3 Å². The van der Waals surface area contributed by atoms with Crippen LogP contribution in [0.5, 0.6) is 0 Å². The van der Waals surface area contributed by atoms with E-state index in [1.54, 1.807) is 36.2 Å². The SMILES string of the molecule is CNc1ccc(Cl)cc1C(=O)N(CCc1cccc(C(F)(F)F)c1)Cc1ccc(C)cc1. The predicted molar refractivity (Wildman–Crippen MR) is 122 cm³/mol. The molecule has 1 N–H and O–H groups in total. The molecule has 1 amide bonds. The van der Waals surface area contributed by atoms with Gasteiger partial charge in [0, 0.05) is 30.8 Å². The minimum Gasteiger partial charge on any atom is -0.387 e. The molecule has 0 aliphatic carbocycles. The van der Waals surface area contributed by atoms with Crippen molar-refractivity contribution in [1.29, 1.82) is 0 Å². The maximum atomic E-state index is 13.4. The van der Waals surface area contributed by atoms with E-state index >= 15 is 0 Å². The molecular formula is C25H24ClF3N2O. The van der Waals surface area contributed by atoms with Crippen LogP contribution in [0, 0.1) is 6.92 Å². The van der Waals surface area contributed by atoms with E-state index in [4.69, 9.17) is 11.6 Å². The van der Waals surface area contributed by atoms with Crippen molar-refractivity contribution in [2.75, 3.05) is 18.9 Å². The summed E-state index contributed by atoms with van der Waals surface area (Å²) in [5.74, 6) is -0.246. The molecule has 0 aliphatic heterocycles. The highest BCUT2D eigenvalue weighted by Crippen LogP contribution is 2.30. The highest BCUT2D eigenvalue weighted by Gasteiger charge is 2.30. The van der Waals surface area contributed by atoms with Gasteiger partial charge in [0.05, 0.1) is 11.1 Å². The van der Waals surface area contributed by atoms with Gasteiger partial charge in [-0.3, -0.25) is 4.79 Å². The van der Waals surface area contributed by atoms with Crippen LogP contribution in [-0.2, 0) is 19.1 Å². The predicted octanol–water partition coefficient (Wildman–Crippen LogP) is 6.59. The normalized spacial score (nSPS) is 11.3. The molecule has 0 saturated heterocycles. The number of alkyl halides is 3. The topological polar surface area (TPSA) is 32.3 Å². The Morgan fingerprint density at radius 1 is 1.00 bits per heavy atom. The molecule has 0 bridgehead atoms. The van der Waals surface area contributed by atoms with Crippen LogP contribution in [0.25, 0.3) is 0 Å². The third-order valence-electron chi connectivity index (χ3n) is 5.19. The molecule has 3 nitrogen and oxygen atoms in total. The Balaban J connectivity index is 1.88. The second-order valence-electron chi connectivity index (χ2n) is 7.60. The summed E-state index contributed by atoms with van der Waals surface area (Å²) in [6.45, 7) is 2.56. The van der Waals surface area contributed by atoms with Gasteiger partial charge in [0.1, 0.15) is 0 Å². The Morgan fingerprint density at radius 2 is 1.72 bits per heavy atom. The second-order valence-corrected chi connectivity index (χ2v) is 8.04. The number of rotatable bonds is 7. The summed E-state index contributed by atoms with van der Waals surface area (Å²) in [4.78, 5) is 15.1. The zero-order valence-corrected chi connectivity index (χ0v) is 18.6. The highest BCUT2D eigenvalue weighted by atomic mass is 35.5. The number of carbonyl (C=O) groups excluding carboxylic acids is 1. The number of hydrogen-bond donors (Lipinski definition) is 1. The van der Waals surface area contributed by atoms with Gasteiger partial charge in [0.25, 0.3) is 5.91 Å². The van der Waals surface area contributed by atoms with Gasteiger partial charge in [-0.15, -0.1) is 0 Å². The lowest BCUT2D eigenvalue weighted by Gasteiger charge is -2.24. The van der Waals surface area contributed by atoms with Crippen LogP contribution >= 0.6 is 11.6 Å². The summed E-state index contributed by atoms with van der Waals surface area (Å²) in [5.41, 5.74) is 2.90. The number of aryl methyl sites for hydroxylation is 1. The fourth-order valence-corrected chi connectivity index (χ4v) is 3.59. The average molecular weight is 461 g/mol. The summed E-state index contributed by atoms with van der Waals surface area (Å²) < 4.78 is 39.2. The first-order valence-corrected chi connectivity index (χ1v) is 10.5. The van der Waals surface area contributed by atoms with Gasteiger partial charge in [0.2, 0.25) is 0 Å². The Labute approximate surface area is 190 Å². The van der Waals surface area contributed by atoms with Gasteiger partial charge >= 0.3 is 6.18 Å². The molecule has 32 heavy (non-hydrogen) atoms. The fourth-order valence-electron chi connectivity index (χ4n) is 3.42. The largest absolute Gasteiger partial charge is 0.416 e. The van der Waals surface area contributed by atoms with E-state index in [-0.39, 0.29) is 18.9 Å². The van der Waals surface area contributed by atoms with Crippen LogP contribution in [0.4, 0.5) is 18.9 Å². The lowest BCUT2D eigenvalue weighted by Crippen LogP contribution is -2.33. The van der Waals surface area contributed by atoms with Gasteiger partial charge in [-0.2, -0.15) is 13.2 Å². The van der Waals surface area contributed by atoms with Crippen LogP contribution in [0.2, 0.25) is 5.02 Å². The van der Waals surface area contributed by atoms with Gasteiger partial charge in [-0.05, 0) is 48.7 Å². The van der Waals surface area contributed by atoms with Crippen LogP contribution in [-0.4, -0.2) is 24.4 Å². The van der Waals surface area contributed by atoms with E-state index in [1.165, 1.54) is 6.07 Å². The van der Waals surface area contributed by atoms with Crippen molar-refractivity contribution in [2.24, 2.45) is 0 Å². The fraction of sp³-hybridized carbons (Fsp3) is 0.240. The van der Waals surface area contributed by atoms with E-state index in [2.05, 4.69) is 5.32 Å². The molecule has 168 valence electrons. The maximum Gasteiger partial charge on any atom is 0.416 e. The number of hydrogen-bond acceptors (Lipinski definition) is 2. The summed E-state index contributed by atoms with van der Waals surface area (Å²) in [6.07, 6.45) is -4.12. The summed E-state index contributed by atoms with van der Waals surface area (Å²) in [6, 6.07) is 18.0. The number of halogens is 4. The number of amides is 1. The van der Waals surface area contributed by atoms with E-state index in [0.29, 0.717) is 28.4 Å². The van der Waals surface area contributed by atoms with Crippen molar-refractivity contribution in [1.82, 2.24) is 4.90 Å². The van der Waals surface area contributed by atoms with Crippen molar-refractivity contribution in [3.63, 3.8) is 0 Å². The van der Waals surface area contributed by atoms with E-state index in [9.17, 15) is 18.0 Å². The zero-order valence-electron chi connectivity index (χ0n) is 17.8. The first kappa shape index (κ1) is 23.7. The number of carbonyl (C=O) groups is 1. The van der Waals surface area contributed by atoms with Crippen molar-refractivity contribution >= 4 is 23.2 Å². The molecule has 0 fully saturated rings. The van der Waals surface area contributed by atoms with Gasteiger partial charge in [-0.1, -0.05) is 59.6 Å². The number of nitrogens with one attached hydrogen (secondary N) is 1. The number of benzene rings is 3. The average Bonchev–Trinajstić information content (AvgIpc) is 2.77. The third-order valence-corrected chi connectivity index (χ3v) is 5.42. The molecule has 0 heterocycles. The quantitative estimate of drug-likeness (QED) is 0.431. The molecule has 0 aromatic heterocycles. The molecule has 0 unspecified atom stereocenters. The van der Waals surface area contributed by atoms with Gasteiger partial charge in [0.15, 0.2) is 0 Å². The summed E-state index contributed by atoms with van der Waals surface area (Å²) >= 11 is 6.13. The summed E-state index contributed by atoms with van der Waals surface area (Å²) in [5, 5.41) is 3.43. The molecule has 0 atom stereocenters. The third kappa shape index (κ3) is 6.04. The van der Waals surface area contributed by atoms with Crippen molar-refractivity contribution < 1.29 is 18.0 Å². The molecule has 0 radical (unpaired) electrons. The molecule has 3 rings (SSSR count). The van der Waals surface area contributed by atoms with Crippen molar-refractivity contribution in [3.8, 4) is 0 Å². The first-order chi connectivity index (χ1) is 15.2. The highest BCUT2D eigenvalue weighted by molar-refractivity contribution is 6.31. The molecule has 0 saturated carbocycles. The molecule has 0 spiro atoms. The molecule has 3 aromatic rings. The standard InChI is InChI=1S/C25H24ClF3N2O/c1-17-6-8-19(9-7-17)16-31(24(32)22-15-21(26)10-11-23(22)30-2)13-12-18-4-3-5-20(14-18)25(27,28)29/h3-11,14-15,30H,12-13,16H2,1-2H3. The van der Waals surface area contributed by atoms with Crippen LogP contribution in [0.15, 0.2) is 66.7 Å². The Hall–Kier alpha value is -2.99. The number of nitrogens with zero attached hydrogens (tertiary/aromatic N) is 1. The van der Waals surface area contributed by atoms with Crippen molar-refractivity contribution in [3.05, 3.63) is 99.6 Å². The lowest BCUT2D eigenvalue weighted by molar-refractivity contribution is -0.137. The van der Waals surface area contributed by atoms with E-state index < -0.39 is 11.7 Å². The van der Waals surface area contributed by atoms with Crippen molar-refractivity contribution in [2.45, 2.75) is 26.1 Å². The smallest absolute Gasteiger partial charge is 0.387 e. The summed E-state index contributed by atoms with van der Waals surface area (Å²) in [7, 11) is 1.72. The van der Waals surface area contributed by atoms with Crippen LogP contribution in [0.3, 0.4) is 0 Å². The first-order valence-electron chi connectivity index (χ1n) is 10.2. The molecular weight excluding hydrogens is 437 g/mol. The van der Waals surface area contributed by atoms with Crippen LogP contribution in [0.1, 0.15) is 32.6 Å². The second kappa shape index (κ2) is 10.1. The Morgan fingerprint density at radius 3 is 2.38 bits per heavy atom. The zero-order chi connectivity index (χ0) is 23.3. The van der Waals surface area contributed by atoms with Gasteiger partial charge < -0.3 is 10.2 Å². The molecule has 0 aliphatic rings. The monoisotopic (exact) mass is 460 g/mol. The van der Waals surface area contributed by atoms with E-state index in [1.807, 2.05) is 31.2 Å².